The molecule has 0 saturated heterocycles. The van der Waals surface area contributed by atoms with Crippen molar-refractivity contribution in [1.29, 1.82) is 0 Å². The van der Waals surface area contributed by atoms with Crippen LogP contribution in [0.4, 0.5) is 26.3 Å². The molecule has 2 aromatic rings. The SMILES string of the molecule is O=C1c2cc(Cl)c3c4c(c(Cl)cc(c24)C(=O)N1CCC(F)(F)F)C(=O)N(CCC(F)(F)F)C3=O. The smallest absolute Gasteiger partial charge is 0.274 e. The Balaban J connectivity index is 1.91. The summed E-state index contributed by atoms with van der Waals surface area (Å²) >= 11 is 12.3. The van der Waals surface area contributed by atoms with E-state index in [-0.39, 0.29) is 21.9 Å². The number of nitrogens with zero attached hydrogens (tertiary/aromatic N) is 2. The molecule has 0 aromatic heterocycles. The number of imide groups is 2. The van der Waals surface area contributed by atoms with E-state index in [1.54, 1.807) is 0 Å². The number of carbonyl (C=O) groups excluding carboxylic acids is 4. The summed E-state index contributed by atoms with van der Waals surface area (Å²) in [5.41, 5.74) is -1.57. The molecule has 0 saturated carbocycles. The minimum Gasteiger partial charge on any atom is -0.274 e. The third-order valence-electron chi connectivity index (χ3n) is 5.42. The number of rotatable bonds is 4. The predicted molar refractivity (Wildman–Crippen MR) is 106 cm³/mol. The zero-order valence-electron chi connectivity index (χ0n) is 16.5. The minimum absolute atomic E-state index is 0.228. The molecule has 2 aliphatic heterocycles. The van der Waals surface area contributed by atoms with Crippen molar-refractivity contribution < 1.29 is 45.5 Å². The molecule has 2 aromatic carbocycles. The van der Waals surface area contributed by atoms with E-state index >= 15 is 0 Å². The van der Waals surface area contributed by atoms with Gasteiger partial charge in [-0.25, -0.2) is 0 Å². The van der Waals surface area contributed by atoms with Gasteiger partial charge in [0.05, 0.1) is 45.1 Å². The van der Waals surface area contributed by atoms with Crippen LogP contribution in [0.15, 0.2) is 12.1 Å². The molecule has 0 radical (unpaired) electrons. The van der Waals surface area contributed by atoms with E-state index in [0.717, 1.165) is 12.1 Å². The zero-order valence-corrected chi connectivity index (χ0v) is 18.0. The van der Waals surface area contributed by atoms with E-state index < -0.39 is 83.1 Å². The summed E-state index contributed by atoms with van der Waals surface area (Å²) < 4.78 is 76.2. The van der Waals surface area contributed by atoms with E-state index in [1.165, 1.54) is 0 Å². The first-order valence-corrected chi connectivity index (χ1v) is 10.2. The summed E-state index contributed by atoms with van der Waals surface area (Å²) in [5.74, 6) is -4.65. The highest BCUT2D eigenvalue weighted by atomic mass is 35.5. The molecule has 0 fully saturated rings. The molecular weight excluding hydrogens is 517 g/mol. The second-order valence-electron chi connectivity index (χ2n) is 7.57. The molecule has 0 spiro atoms. The lowest BCUT2D eigenvalue weighted by atomic mass is 9.85. The van der Waals surface area contributed by atoms with Crippen molar-refractivity contribution in [3.8, 4) is 0 Å². The second kappa shape index (κ2) is 7.84. The molecule has 0 N–H and O–H groups in total. The molecule has 6 nitrogen and oxygen atoms in total. The number of hydrogen-bond donors (Lipinski definition) is 0. The number of halogens is 8. The van der Waals surface area contributed by atoms with Crippen molar-refractivity contribution in [2.45, 2.75) is 25.2 Å². The van der Waals surface area contributed by atoms with Crippen LogP contribution in [0.2, 0.25) is 10.0 Å². The van der Waals surface area contributed by atoms with E-state index in [4.69, 9.17) is 23.2 Å². The summed E-state index contributed by atoms with van der Waals surface area (Å²) in [7, 11) is 0. The maximum Gasteiger partial charge on any atom is 0.390 e. The maximum atomic E-state index is 12.9. The van der Waals surface area contributed by atoms with Crippen LogP contribution in [0.1, 0.15) is 54.3 Å². The van der Waals surface area contributed by atoms with Gasteiger partial charge in [0.1, 0.15) is 0 Å². The van der Waals surface area contributed by atoms with Gasteiger partial charge in [0, 0.05) is 23.9 Å². The molecule has 0 atom stereocenters. The van der Waals surface area contributed by atoms with Crippen LogP contribution in [0.3, 0.4) is 0 Å². The molecule has 34 heavy (non-hydrogen) atoms. The van der Waals surface area contributed by atoms with Crippen LogP contribution >= 0.6 is 23.2 Å². The van der Waals surface area contributed by atoms with Gasteiger partial charge in [-0.1, -0.05) is 23.2 Å². The van der Waals surface area contributed by atoms with Gasteiger partial charge < -0.3 is 0 Å². The Kier molecular flexibility index (Phi) is 5.60. The second-order valence-corrected chi connectivity index (χ2v) is 8.38. The molecule has 14 heteroatoms. The Labute approximate surface area is 196 Å². The lowest BCUT2D eigenvalue weighted by Gasteiger charge is -2.33. The number of carbonyl (C=O) groups is 4. The van der Waals surface area contributed by atoms with Crippen molar-refractivity contribution >= 4 is 57.6 Å². The fourth-order valence-corrected chi connectivity index (χ4v) is 4.52. The monoisotopic (exact) mass is 526 g/mol. The third-order valence-corrected chi connectivity index (χ3v) is 6.01. The van der Waals surface area contributed by atoms with Gasteiger partial charge >= 0.3 is 12.4 Å². The van der Waals surface area contributed by atoms with Gasteiger partial charge in [0.2, 0.25) is 0 Å². The Morgan fingerprint density at radius 1 is 0.618 bits per heavy atom. The lowest BCUT2D eigenvalue weighted by molar-refractivity contribution is -0.136. The summed E-state index contributed by atoms with van der Waals surface area (Å²) in [6.45, 7) is -2.02. The van der Waals surface area contributed by atoms with E-state index in [9.17, 15) is 45.5 Å². The third kappa shape index (κ3) is 3.88. The van der Waals surface area contributed by atoms with Gasteiger partial charge in [0.15, 0.2) is 0 Å². The van der Waals surface area contributed by atoms with E-state index in [0.29, 0.717) is 9.80 Å². The first-order valence-electron chi connectivity index (χ1n) is 9.47. The zero-order chi connectivity index (χ0) is 25.3. The highest BCUT2D eigenvalue weighted by Gasteiger charge is 2.44. The fourth-order valence-electron chi connectivity index (χ4n) is 3.95. The maximum absolute atomic E-state index is 12.9. The molecule has 2 heterocycles. The number of alkyl halides is 6. The summed E-state index contributed by atoms with van der Waals surface area (Å²) in [5, 5.41) is -1.41. The number of amides is 4. The normalized spacial score (nSPS) is 16.2. The van der Waals surface area contributed by atoms with Crippen molar-refractivity contribution in [3.63, 3.8) is 0 Å². The van der Waals surface area contributed by atoms with Crippen molar-refractivity contribution in [3.05, 3.63) is 44.4 Å². The number of benzene rings is 2. The molecule has 180 valence electrons. The molecule has 0 unspecified atom stereocenters. The molecular formula is C20H10Cl2F6N2O4. The summed E-state index contributed by atoms with van der Waals surface area (Å²) in [4.78, 5) is 52.3. The molecule has 0 aliphatic carbocycles. The van der Waals surface area contributed by atoms with E-state index in [2.05, 4.69) is 0 Å². The quantitative estimate of drug-likeness (QED) is 0.403. The minimum atomic E-state index is -4.68. The van der Waals surface area contributed by atoms with Crippen molar-refractivity contribution in [2.75, 3.05) is 13.1 Å². The molecule has 4 amide bonds. The fraction of sp³-hybridized carbons (Fsp3) is 0.300. The average Bonchev–Trinajstić information content (AvgIpc) is 2.69. The van der Waals surface area contributed by atoms with Crippen molar-refractivity contribution in [1.82, 2.24) is 9.80 Å². The number of hydrogen-bond acceptors (Lipinski definition) is 4. The van der Waals surface area contributed by atoms with Crippen LogP contribution in [-0.4, -0.2) is 58.9 Å². The Hall–Kier alpha value is -2.86. The van der Waals surface area contributed by atoms with Gasteiger partial charge in [0.25, 0.3) is 23.6 Å². The molecule has 4 rings (SSSR count). The molecule has 2 aliphatic rings. The first kappa shape index (κ1) is 24.3. The van der Waals surface area contributed by atoms with Gasteiger partial charge in [-0.05, 0) is 12.1 Å². The van der Waals surface area contributed by atoms with Gasteiger partial charge in [-0.15, -0.1) is 0 Å². The highest BCUT2D eigenvalue weighted by Crippen LogP contribution is 2.44. The van der Waals surface area contributed by atoms with Crippen LogP contribution in [-0.2, 0) is 0 Å². The Morgan fingerprint density at radius 3 is 1.32 bits per heavy atom. The van der Waals surface area contributed by atoms with Crippen LogP contribution in [0.25, 0.3) is 10.8 Å². The highest BCUT2D eigenvalue weighted by molar-refractivity contribution is 6.45. The predicted octanol–water partition coefficient (Wildman–Crippen LogP) is 5.24. The Morgan fingerprint density at radius 2 is 0.971 bits per heavy atom. The van der Waals surface area contributed by atoms with Gasteiger partial charge in [-0.3, -0.25) is 29.0 Å². The summed E-state index contributed by atoms with van der Waals surface area (Å²) in [6.07, 6.45) is -12.3. The Bertz CT molecular complexity index is 1230. The largest absolute Gasteiger partial charge is 0.390 e. The average molecular weight is 527 g/mol. The topological polar surface area (TPSA) is 74.8 Å². The summed E-state index contributed by atoms with van der Waals surface area (Å²) in [6, 6.07) is 1.87. The van der Waals surface area contributed by atoms with Crippen molar-refractivity contribution in [2.24, 2.45) is 0 Å². The van der Waals surface area contributed by atoms with Crippen LogP contribution in [0, 0.1) is 0 Å². The van der Waals surface area contributed by atoms with Crippen LogP contribution in [0.5, 0.6) is 0 Å². The van der Waals surface area contributed by atoms with E-state index in [1.807, 2.05) is 0 Å². The standard InChI is InChI=1S/C20H10Cl2F6N2O4/c21-9-5-7-11-8(16(32)29(15(7)31)3-1-19(23,24)25)6-10(22)13-14(11)12(9)17(33)30(18(13)34)4-2-20(26,27)28/h5-6H,1-4H2. The molecule has 0 bridgehead atoms. The van der Waals surface area contributed by atoms with Gasteiger partial charge in [-0.2, -0.15) is 26.3 Å². The van der Waals surface area contributed by atoms with Crippen LogP contribution < -0.4 is 0 Å². The lowest BCUT2D eigenvalue weighted by Crippen LogP contribution is -2.45. The first-order chi connectivity index (χ1) is 15.6.